The van der Waals surface area contributed by atoms with E-state index in [1.807, 2.05) is 35.7 Å². The molecule has 0 spiro atoms. The van der Waals surface area contributed by atoms with Gasteiger partial charge in [-0.25, -0.2) is 4.98 Å². The summed E-state index contributed by atoms with van der Waals surface area (Å²) in [6.45, 7) is 1.46. The second-order valence-corrected chi connectivity index (χ2v) is 8.96. The summed E-state index contributed by atoms with van der Waals surface area (Å²) in [6, 6.07) is 9.94. The predicted octanol–water partition coefficient (Wildman–Crippen LogP) is 4.22. The molecule has 170 valence electrons. The van der Waals surface area contributed by atoms with Gasteiger partial charge in [0.1, 0.15) is 5.01 Å². The summed E-state index contributed by atoms with van der Waals surface area (Å²) in [7, 11) is 3.23. The van der Waals surface area contributed by atoms with Crippen molar-refractivity contribution in [1.82, 2.24) is 24.6 Å². The molecule has 1 amide bonds. The fraction of sp³-hybridized carbons (Fsp3) is 0.409. The Kier molecular flexibility index (Phi) is 6.34. The first kappa shape index (κ1) is 22.5. The van der Waals surface area contributed by atoms with Crippen LogP contribution >= 0.6 is 11.3 Å². The van der Waals surface area contributed by atoms with Crippen molar-refractivity contribution in [3.63, 3.8) is 0 Å². The Morgan fingerprint density at radius 3 is 2.66 bits per heavy atom. The van der Waals surface area contributed by atoms with Gasteiger partial charge in [-0.1, -0.05) is 30.3 Å². The number of alkyl halides is 3. The number of nitrogens with zero attached hydrogens (tertiary/aromatic N) is 5. The maximum atomic E-state index is 12.8. The highest BCUT2D eigenvalue weighted by atomic mass is 32.1. The van der Waals surface area contributed by atoms with Crippen molar-refractivity contribution in [2.24, 2.45) is 0 Å². The van der Waals surface area contributed by atoms with Crippen LogP contribution in [0.2, 0.25) is 0 Å². The molecule has 32 heavy (non-hydrogen) atoms. The topological polar surface area (TPSA) is 54.3 Å². The number of rotatable bonds is 6. The highest BCUT2D eigenvalue weighted by Gasteiger charge is 2.32. The number of amides is 1. The number of hydrogen-bond acceptors (Lipinski definition) is 5. The van der Waals surface area contributed by atoms with Crippen molar-refractivity contribution >= 4 is 17.2 Å². The zero-order valence-corrected chi connectivity index (χ0v) is 18.7. The maximum absolute atomic E-state index is 12.8. The van der Waals surface area contributed by atoms with Gasteiger partial charge in [-0.05, 0) is 0 Å². The lowest BCUT2D eigenvalue weighted by Gasteiger charge is -2.27. The first-order valence-corrected chi connectivity index (χ1v) is 11.2. The van der Waals surface area contributed by atoms with Crippen LogP contribution in [0.4, 0.5) is 13.2 Å². The maximum Gasteiger partial charge on any atom is 0.390 e. The minimum atomic E-state index is -4.27. The Morgan fingerprint density at radius 1 is 1.22 bits per heavy atom. The van der Waals surface area contributed by atoms with Gasteiger partial charge in [-0.2, -0.15) is 18.3 Å². The van der Waals surface area contributed by atoms with Gasteiger partial charge >= 0.3 is 6.18 Å². The molecule has 0 bridgehead atoms. The molecule has 3 heterocycles. The molecule has 3 aromatic rings. The van der Waals surface area contributed by atoms with E-state index >= 15 is 0 Å². The van der Waals surface area contributed by atoms with Crippen LogP contribution in [-0.2, 0) is 26.1 Å². The largest absolute Gasteiger partial charge is 0.390 e. The number of benzene rings is 1. The number of halogens is 3. The second-order valence-electron chi connectivity index (χ2n) is 8.01. The molecule has 1 aromatic carbocycles. The van der Waals surface area contributed by atoms with Crippen LogP contribution in [0, 0.1) is 0 Å². The van der Waals surface area contributed by atoms with Gasteiger partial charge in [0.15, 0.2) is 5.69 Å². The Hall–Kier alpha value is -2.72. The molecule has 0 atom stereocenters. The molecule has 0 saturated carbocycles. The molecule has 0 N–H and O–H groups in total. The quantitative estimate of drug-likeness (QED) is 0.549. The van der Waals surface area contributed by atoms with Crippen LogP contribution in [-0.4, -0.2) is 57.3 Å². The summed E-state index contributed by atoms with van der Waals surface area (Å²) in [5.74, 6) is -0.297. The van der Waals surface area contributed by atoms with Crippen molar-refractivity contribution in [3.8, 4) is 11.3 Å². The Labute approximate surface area is 188 Å². The molecule has 0 radical (unpaired) electrons. The molecular formula is C22H24F3N5OS. The lowest BCUT2D eigenvalue weighted by molar-refractivity contribution is -0.137. The van der Waals surface area contributed by atoms with Crippen molar-refractivity contribution < 1.29 is 18.0 Å². The van der Waals surface area contributed by atoms with Crippen LogP contribution in [0.1, 0.15) is 33.2 Å². The number of hydrogen-bond donors (Lipinski definition) is 0. The lowest BCUT2D eigenvalue weighted by atomic mass is 10.0. The number of carbonyl (C=O) groups is 1. The number of aryl methyl sites for hydroxylation is 1. The third-order valence-electron chi connectivity index (χ3n) is 5.41. The van der Waals surface area contributed by atoms with E-state index in [0.29, 0.717) is 26.1 Å². The number of fused-ring (bicyclic) bond motifs is 1. The molecule has 0 aliphatic carbocycles. The van der Waals surface area contributed by atoms with Gasteiger partial charge in [0.25, 0.3) is 5.91 Å². The van der Waals surface area contributed by atoms with Crippen LogP contribution in [0.25, 0.3) is 11.3 Å². The van der Waals surface area contributed by atoms with Crippen molar-refractivity contribution in [2.75, 3.05) is 20.6 Å². The van der Waals surface area contributed by atoms with Gasteiger partial charge in [-0.3, -0.25) is 14.4 Å². The standard InChI is InChI=1S/C22H24F3N5OS/c1-28(2)21(31)20-16-12-29(10-8-18(16)30(27-20)11-9-22(23,24)25)13-19-26-17(14-32-19)15-6-4-3-5-7-15/h3-7,14H,8-13H2,1-2H3. The molecule has 6 nitrogen and oxygen atoms in total. The second kappa shape index (κ2) is 9.03. The SMILES string of the molecule is CN(C)C(=O)c1nn(CCC(F)(F)F)c2c1CN(Cc1nc(-c3ccccc3)cs1)CC2. The Bertz CT molecular complexity index is 1090. The molecule has 0 saturated heterocycles. The molecule has 1 aliphatic heterocycles. The van der Waals surface area contributed by atoms with Crippen molar-refractivity contribution in [3.05, 3.63) is 57.7 Å². The molecule has 4 rings (SSSR count). The van der Waals surface area contributed by atoms with E-state index in [-0.39, 0.29) is 18.1 Å². The van der Waals surface area contributed by atoms with E-state index in [0.717, 1.165) is 27.5 Å². The average Bonchev–Trinajstić information content (AvgIpc) is 3.36. The summed E-state index contributed by atoms with van der Waals surface area (Å²) >= 11 is 1.58. The molecule has 0 fully saturated rings. The third kappa shape index (κ3) is 5.02. The van der Waals surface area contributed by atoms with Crippen molar-refractivity contribution in [1.29, 1.82) is 0 Å². The Morgan fingerprint density at radius 2 is 1.97 bits per heavy atom. The third-order valence-corrected chi connectivity index (χ3v) is 6.24. The van der Waals surface area contributed by atoms with E-state index in [2.05, 4.69) is 10.00 Å². The van der Waals surface area contributed by atoms with Crippen molar-refractivity contribution in [2.45, 2.75) is 38.7 Å². The minimum Gasteiger partial charge on any atom is -0.343 e. The minimum absolute atomic E-state index is 0.237. The van der Waals surface area contributed by atoms with Crippen LogP contribution in [0.15, 0.2) is 35.7 Å². The summed E-state index contributed by atoms with van der Waals surface area (Å²) in [5, 5.41) is 7.27. The van der Waals surface area contributed by atoms with Crippen LogP contribution < -0.4 is 0 Å². The van der Waals surface area contributed by atoms with Gasteiger partial charge < -0.3 is 4.90 Å². The summed E-state index contributed by atoms with van der Waals surface area (Å²) in [5.41, 5.74) is 3.66. The highest BCUT2D eigenvalue weighted by molar-refractivity contribution is 7.09. The summed E-state index contributed by atoms with van der Waals surface area (Å²) in [6.07, 6.45) is -4.70. The van der Waals surface area contributed by atoms with E-state index in [1.165, 1.54) is 9.58 Å². The van der Waals surface area contributed by atoms with E-state index in [9.17, 15) is 18.0 Å². The first-order valence-electron chi connectivity index (χ1n) is 10.3. The average molecular weight is 464 g/mol. The highest BCUT2D eigenvalue weighted by Crippen LogP contribution is 2.28. The molecule has 0 unspecified atom stereocenters. The van der Waals surface area contributed by atoms with Gasteiger partial charge in [0.05, 0.1) is 18.7 Å². The first-order chi connectivity index (χ1) is 15.2. The number of thiazole rings is 1. The molecule has 10 heteroatoms. The molecular weight excluding hydrogens is 439 g/mol. The zero-order valence-electron chi connectivity index (χ0n) is 17.9. The normalized spacial score (nSPS) is 14.4. The Balaban J connectivity index is 1.54. The van der Waals surface area contributed by atoms with E-state index < -0.39 is 12.6 Å². The number of carbonyl (C=O) groups excluding carboxylic acids is 1. The molecule has 2 aromatic heterocycles. The fourth-order valence-corrected chi connectivity index (χ4v) is 4.64. The van der Waals surface area contributed by atoms with Crippen LogP contribution in [0.5, 0.6) is 0 Å². The predicted molar refractivity (Wildman–Crippen MR) is 116 cm³/mol. The fourth-order valence-electron chi connectivity index (χ4n) is 3.80. The van der Waals surface area contributed by atoms with Gasteiger partial charge in [0.2, 0.25) is 0 Å². The van der Waals surface area contributed by atoms with Gasteiger partial charge in [-0.15, -0.1) is 11.3 Å². The summed E-state index contributed by atoms with van der Waals surface area (Å²) < 4.78 is 39.7. The monoisotopic (exact) mass is 463 g/mol. The lowest BCUT2D eigenvalue weighted by Crippen LogP contribution is -2.32. The zero-order chi connectivity index (χ0) is 22.9. The summed E-state index contributed by atoms with van der Waals surface area (Å²) in [4.78, 5) is 21.0. The smallest absolute Gasteiger partial charge is 0.343 e. The number of aromatic nitrogens is 3. The van der Waals surface area contributed by atoms with E-state index in [4.69, 9.17) is 4.98 Å². The van der Waals surface area contributed by atoms with Gasteiger partial charge in [0, 0.05) is 62.4 Å². The van der Waals surface area contributed by atoms with E-state index in [1.54, 1.807) is 25.4 Å². The van der Waals surface area contributed by atoms with Crippen LogP contribution in [0.3, 0.4) is 0 Å². The molecule has 1 aliphatic rings.